The molecule has 0 fully saturated rings. The standard InChI is InChI=1S/C16H34O2/c1-14(2)10-6-4-8-12-16(18)13-9-5-7-11-15(3)17/h14-18H,4-13H2,1-3H3. The summed E-state index contributed by atoms with van der Waals surface area (Å²) in [6, 6.07) is 0. The van der Waals surface area contributed by atoms with Crippen LogP contribution in [0.25, 0.3) is 0 Å². The van der Waals surface area contributed by atoms with E-state index >= 15 is 0 Å². The second kappa shape index (κ2) is 12.0. The Hall–Kier alpha value is -0.0800. The molecule has 0 bridgehead atoms. The van der Waals surface area contributed by atoms with E-state index in [4.69, 9.17) is 5.11 Å². The van der Waals surface area contributed by atoms with E-state index in [1.54, 1.807) is 0 Å². The average Bonchev–Trinajstić information content (AvgIpc) is 2.27. The third kappa shape index (κ3) is 14.0. The number of unbranched alkanes of at least 4 members (excludes halogenated alkanes) is 4. The summed E-state index contributed by atoms with van der Waals surface area (Å²) < 4.78 is 0. The maximum Gasteiger partial charge on any atom is 0.0540 e. The van der Waals surface area contributed by atoms with Gasteiger partial charge in [-0.1, -0.05) is 58.8 Å². The molecule has 18 heavy (non-hydrogen) atoms. The third-order valence-electron chi connectivity index (χ3n) is 3.48. The van der Waals surface area contributed by atoms with Gasteiger partial charge in [0.2, 0.25) is 0 Å². The van der Waals surface area contributed by atoms with Gasteiger partial charge in [-0.2, -0.15) is 0 Å². The zero-order valence-corrected chi connectivity index (χ0v) is 12.7. The van der Waals surface area contributed by atoms with Gasteiger partial charge in [0.1, 0.15) is 0 Å². The summed E-state index contributed by atoms with van der Waals surface area (Å²) in [5, 5.41) is 18.9. The minimum absolute atomic E-state index is 0.101. The van der Waals surface area contributed by atoms with Gasteiger partial charge in [-0.15, -0.1) is 0 Å². The van der Waals surface area contributed by atoms with E-state index in [0.717, 1.165) is 44.4 Å². The lowest BCUT2D eigenvalue weighted by Gasteiger charge is -2.11. The molecule has 0 aromatic rings. The van der Waals surface area contributed by atoms with Crippen molar-refractivity contribution in [3.8, 4) is 0 Å². The molecule has 0 saturated carbocycles. The van der Waals surface area contributed by atoms with Crippen molar-refractivity contribution in [2.24, 2.45) is 5.92 Å². The lowest BCUT2D eigenvalue weighted by molar-refractivity contribution is 0.145. The Morgan fingerprint density at radius 1 is 0.611 bits per heavy atom. The first-order valence-corrected chi connectivity index (χ1v) is 7.88. The summed E-state index contributed by atoms with van der Waals surface area (Å²) in [7, 11) is 0. The van der Waals surface area contributed by atoms with Gasteiger partial charge in [0.25, 0.3) is 0 Å². The Morgan fingerprint density at radius 2 is 1.06 bits per heavy atom. The fourth-order valence-corrected chi connectivity index (χ4v) is 2.25. The Morgan fingerprint density at radius 3 is 1.50 bits per heavy atom. The predicted octanol–water partition coefficient (Wildman–Crippen LogP) is 4.29. The molecule has 0 aromatic heterocycles. The molecule has 2 atom stereocenters. The van der Waals surface area contributed by atoms with Crippen molar-refractivity contribution in [3.05, 3.63) is 0 Å². The Labute approximate surface area is 114 Å². The summed E-state index contributed by atoms with van der Waals surface area (Å²) in [6.45, 7) is 6.37. The maximum absolute atomic E-state index is 9.82. The van der Waals surface area contributed by atoms with Crippen LogP contribution in [0.15, 0.2) is 0 Å². The minimum Gasteiger partial charge on any atom is -0.393 e. The third-order valence-corrected chi connectivity index (χ3v) is 3.48. The van der Waals surface area contributed by atoms with Crippen LogP contribution in [-0.4, -0.2) is 22.4 Å². The van der Waals surface area contributed by atoms with Crippen molar-refractivity contribution in [1.29, 1.82) is 0 Å². The van der Waals surface area contributed by atoms with Gasteiger partial charge >= 0.3 is 0 Å². The summed E-state index contributed by atoms with van der Waals surface area (Å²) in [6.07, 6.45) is 10.9. The maximum atomic E-state index is 9.82. The monoisotopic (exact) mass is 258 g/mol. The number of aliphatic hydroxyl groups excluding tert-OH is 2. The highest BCUT2D eigenvalue weighted by Crippen LogP contribution is 2.14. The molecule has 0 aliphatic heterocycles. The molecule has 0 aliphatic carbocycles. The van der Waals surface area contributed by atoms with Crippen LogP contribution >= 0.6 is 0 Å². The van der Waals surface area contributed by atoms with Crippen LogP contribution in [-0.2, 0) is 0 Å². The molecule has 0 heterocycles. The molecule has 0 aliphatic rings. The SMILES string of the molecule is CC(C)CCCCCC(O)CCCCCC(C)O. The van der Waals surface area contributed by atoms with Gasteiger partial charge in [0, 0.05) is 0 Å². The normalized spacial score (nSPS) is 15.0. The Bertz CT molecular complexity index is 148. The van der Waals surface area contributed by atoms with Crippen LogP contribution in [0.2, 0.25) is 0 Å². The topological polar surface area (TPSA) is 40.5 Å². The first-order valence-electron chi connectivity index (χ1n) is 7.88. The van der Waals surface area contributed by atoms with Gasteiger partial charge in [0.05, 0.1) is 12.2 Å². The molecule has 2 heteroatoms. The zero-order valence-electron chi connectivity index (χ0n) is 12.7. The first kappa shape index (κ1) is 17.9. The van der Waals surface area contributed by atoms with Crippen LogP contribution in [0.4, 0.5) is 0 Å². The lowest BCUT2D eigenvalue weighted by atomic mass is 10.0. The van der Waals surface area contributed by atoms with Crippen molar-refractivity contribution >= 4 is 0 Å². The number of hydrogen-bond acceptors (Lipinski definition) is 2. The van der Waals surface area contributed by atoms with Crippen molar-refractivity contribution in [2.75, 3.05) is 0 Å². The highest BCUT2D eigenvalue weighted by Gasteiger charge is 2.04. The molecule has 0 rings (SSSR count). The second-order valence-electron chi connectivity index (χ2n) is 6.17. The van der Waals surface area contributed by atoms with E-state index < -0.39 is 0 Å². The molecule has 0 saturated heterocycles. The van der Waals surface area contributed by atoms with E-state index in [1.807, 2.05) is 6.92 Å². The molecule has 2 nitrogen and oxygen atoms in total. The molecule has 2 N–H and O–H groups in total. The first-order chi connectivity index (χ1) is 8.52. The molecule has 110 valence electrons. The minimum atomic E-state index is -0.170. The number of hydrogen-bond donors (Lipinski definition) is 2. The Kier molecular flexibility index (Phi) is 11.9. The molecule has 0 radical (unpaired) electrons. The van der Waals surface area contributed by atoms with Crippen LogP contribution in [0.1, 0.15) is 85.0 Å². The van der Waals surface area contributed by atoms with Gasteiger partial charge in [-0.3, -0.25) is 0 Å². The van der Waals surface area contributed by atoms with Crippen molar-refractivity contribution in [3.63, 3.8) is 0 Å². The van der Waals surface area contributed by atoms with Gasteiger partial charge in [-0.25, -0.2) is 0 Å². The van der Waals surface area contributed by atoms with Gasteiger partial charge < -0.3 is 10.2 Å². The van der Waals surface area contributed by atoms with E-state index in [1.165, 1.54) is 25.7 Å². The van der Waals surface area contributed by atoms with E-state index in [0.29, 0.717) is 0 Å². The summed E-state index contributed by atoms with van der Waals surface area (Å²) >= 11 is 0. The highest BCUT2D eigenvalue weighted by atomic mass is 16.3. The fourth-order valence-electron chi connectivity index (χ4n) is 2.25. The smallest absolute Gasteiger partial charge is 0.0540 e. The zero-order chi connectivity index (χ0) is 13.8. The van der Waals surface area contributed by atoms with Gasteiger partial charge in [0.15, 0.2) is 0 Å². The molecule has 2 unspecified atom stereocenters. The van der Waals surface area contributed by atoms with E-state index in [2.05, 4.69) is 13.8 Å². The second-order valence-corrected chi connectivity index (χ2v) is 6.17. The summed E-state index contributed by atoms with van der Waals surface area (Å²) in [5.41, 5.74) is 0. The lowest BCUT2D eigenvalue weighted by Crippen LogP contribution is -2.06. The number of aliphatic hydroxyl groups is 2. The Balaban J connectivity index is 3.19. The van der Waals surface area contributed by atoms with Crippen molar-refractivity contribution < 1.29 is 10.2 Å². The molecule has 0 amide bonds. The molecule has 0 aromatic carbocycles. The van der Waals surface area contributed by atoms with Crippen molar-refractivity contribution in [2.45, 2.75) is 97.2 Å². The van der Waals surface area contributed by atoms with Crippen LogP contribution in [0, 0.1) is 5.92 Å². The van der Waals surface area contributed by atoms with Crippen LogP contribution in [0.3, 0.4) is 0 Å². The quantitative estimate of drug-likeness (QED) is 0.513. The van der Waals surface area contributed by atoms with Crippen LogP contribution in [0.5, 0.6) is 0 Å². The number of rotatable bonds is 12. The highest BCUT2D eigenvalue weighted by molar-refractivity contribution is 4.58. The van der Waals surface area contributed by atoms with E-state index in [-0.39, 0.29) is 12.2 Å². The molecular formula is C16H34O2. The molecular weight excluding hydrogens is 224 g/mol. The molecule has 0 spiro atoms. The van der Waals surface area contributed by atoms with Gasteiger partial charge in [-0.05, 0) is 32.1 Å². The fraction of sp³-hybridized carbons (Fsp3) is 1.00. The average molecular weight is 258 g/mol. The summed E-state index contributed by atoms with van der Waals surface area (Å²) in [5.74, 6) is 0.809. The predicted molar refractivity (Wildman–Crippen MR) is 78.7 cm³/mol. The van der Waals surface area contributed by atoms with Crippen LogP contribution < -0.4 is 0 Å². The summed E-state index contributed by atoms with van der Waals surface area (Å²) in [4.78, 5) is 0. The van der Waals surface area contributed by atoms with E-state index in [9.17, 15) is 5.11 Å². The van der Waals surface area contributed by atoms with Crippen molar-refractivity contribution in [1.82, 2.24) is 0 Å². The largest absolute Gasteiger partial charge is 0.393 e.